The van der Waals surface area contributed by atoms with E-state index in [1.165, 1.54) is 12.1 Å². The number of non-ortho nitro benzene ring substituents is 1. The monoisotopic (exact) mass is 350 g/mol. The summed E-state index contributed by atoms with van der Waals surface area (Å²) >= 11 is 0. The number of hydrogen-bond donors (Lipinski definition) is 2. The van der Waals surface area contributed by atoms with E-state index in [1.54, 1.807) is 59.3 Å². The lowest BCUT2D eigenvalue weighted by atomic mass is 10.1. The summed E-state index contributed by atoms with van der Waals surface area (Å²) < 4.78 is 1.69. The number of aromatic nitrogens is 1. The van der Waals surface area contributed by atoms with Gasteiger partial charge >= 0.3 is 0 Å². The number of nitrogens with zero attached hydrogens (tertiary/aromatic N) is 3. The highest BCUT2D eigenvalue weighted by molar-refractivity contribution is 6.00. The summed E-state index contributed by atoms with van der Waals surface area (Å²) in [6, 6.07) is 16.5. The van der Waals surface area contributed by atoms with Crippen LogP contribution in [0.25, 0.3) is 5.69 Å². The van der Waals surface area contributed by atoms with E-state index in [4.69, 9.17) is 0 Å². The number of nitrogens with one attached hydrogen (secondary N) is 1. The van der Waals surface area contributed by atoms with Gasteiger partial charge in [-0.1, -0.05) is 18.2 Å². The maximum absolute atomic E-state index is 12.5. The molecule has 3 aromatic rings. The van der Waals surface area contributed by atoms with E-state index in [1.807, 2.05) is 0 Å². The van der Waals surface area contributed by atoms with Crippen molar-refractivity contribution in [3.63, 3.8) is 0 Å². The Morgan fingerprint density at radius 2 is 1.88 bits per heavy atom. The predicted molar refractivity (Wildman–Crippen MR) is 93.2 cm³/mol. The lowest BCUT2D eigenvalue weighted by Crippen LogP contribution is -2.41. The molecule has 0 bridgehead atoms. The van der Waals surface area contributed by atoms with Crippen molar-refractivity contribution in [3.8, 4) is 5.69 Å². The summed E-state index contributed by atoms with van der Waals surface area (Å²) in [5.74, 6) is -0.517. The molecule has 2 aromatic carbocycles. The second kappa shape index (κ2) is 6.01. The normalized spacial score (nSPS) is 16.1. The number of carbonyl (C=O) groups is 1. The molecule has 0 spiro atoms. The summed E-state index contributed by atoms with van der Waals surface area (Å²) in [4.78, 5) is 23.0. The van der Waals surface area contributed by atoms with Crippen LogP contribution < -0.4 is 5.32 Å². The van der Waals surface area contributed by atoms with Crippen LogP contribution in [0, 0.1) is 10.1 Å². The van der Waals surface area contributed by atoms with Gasteiger partial charge in [-0.05, 0) is 30.3 Å². The zero-order chi connectivity index (χ0) is 18.3. The topological polar surface area (TPSA) is 101 Å². The predicted octanol–water partition coefficient (Wildman–Crippen LogP) is 3.34. The molecule has 2 heterocycles. The second-order valence-electron chi connectivity index (χ2n) is 5.82. The third kappa shape index (κ3) is 2.49. The van der Waals surface area contributed by atoms with Crippen molar-refractivity contribution >= 4 is 17.3 Å². The molecular formula is C18H14N4O4. The van der Waals surface area contributed by atoms with Crippen molar-refractivity contribution in [3.05, 3.63) is 88.2 Å². The maximum Gasteiger partial charge on any atom is 0.281 e. The number of anilines is 1. The number of carbonyl (C=O) groups excluding carboxylic acids is 1. The van der Waals surface area contributed by atoms with Crippen molar-refractivity contribution in [1.82, 2.24) is 9.63 Å². The Bertz CT molecular complexity index is 1010. The molecule has 26 heavy (non-hydrogen) atoms. The van der Waals surface area contributed by atoms with Crippen molar-refractivity contribution in [1.29, 1.82) is 0 Å². The molecule has 0 radical (unpaired) electrons. The first-order valence-electron chi connectivity index (χ1n) is 7.86. The number of rotatable bonds is 3. The first-order valence-corrected chi connectivity index (χ1v) is 7.86. The first kappa shape index (κ1) is 15.9. The first-order chi connectivity index (χ1) is 12.6. The fraction of sp³-hybridized carbons (Fsp3) is 0.0556. The lowest BCUT2D eigenvalue weighted by molar-refractivity contribution is -0.384. The Labute approximate surface area is 148 Å². The van der Waals surface area contributed by atoms with E-state index in [9.17, 15) is 20.1 Å². The summed E-state index contributed by atoms with van der Waals surface area (Å²) in [6.07, 6.45) is 0.890. The van der Waals surface area contributed by atoms with E-state index in [2.05, 4.69) is 5.32 Å². The molecule has 1 unspecified atom stereocenters. The van der Waals surface area contributed by atoms with E-state index in [0.29, 0.717) is 27.7 Å². The van der Waals surface area contributed by atoms with Gasteiger partial charge in [-0.3, -0.25) is 20.1 Å². The highest BCUT2D eigenvalue weighted by atomic mass is 16.6. The van der Waals surface area contributed by atoms with E-state index in [-0.39, 0.29) is 5.69 Å². The van der Waals surface area contributed by atoms with Gasteiger partial charge in [0.1, 0.15) is 0 Å². The number of nitro benzene ring substituents is 1. The van der Waals surface area contributed by atoms with Gasteiger partial charge < -0.3 is 9.88 Å². The zero-order valence-electron chi connectivity index (χ0n) is 13.4. The van der Waals surface area contributed by atoms with Crippen LogP contribution in [-0.4, -0.2) is 25.7 Å². The van der Waals surface area contributed by atoms with Gasteiger partial charge in [-0.2, -0.15) is 5.06 Å². The summed E-state index contributed by atoms with van der Waals surface area (Å²) in [7, 11) is 0. The molecule has 0 fully saturated rings. The molecule has 130 valence electrons. The van der Waals surface area contributed by atoms with Gasteiger partial charge in [0.15, 0.2) is 6.17 Å². The standard InChI is InChI=1S/C18H14N4O4/c23-18-14-7-1-2-8-15(14)19-17(21(18)24)16-9-4-10-20(16)12-5-3-6-13(11-12)22(25)26/h1-11,17,19,24H. The van der Waals surface area contributed by atoms with Gasteiger partial charge in [0.2, 0.25) is 0 Å². The van der Waals surface area contributed by atoms with Crippen molar-refractivity contribution in [2.75, 3.05) is 5.32 Å². The maximum atomic E-state index is 12.5. The van der Waals surface area contributed by atoms with Crippen LogP contribution in [-0.2, 0) is 0 Å². The molecule has 2 N–H and O–H groups in total. The minimum atomic E-state index is -0.827. The fourth-order valence-corrected chi connectivity index (χ4v) is 3.05. The smallest absolute Gasteiger partial charge is 0.281 e. The average molecular weight is 350 g/mol. The lowest BCUT2D eigenvalue weighted by Gasteiger charge is -2.33. The number of amides is 1. The van der Waals surface area contributed by atoms with Gasteiger partial charge in [-0.15, -0.1) is 0 Å². The fourth-order valence-electron chi connectivity index (χ4n) is 3.05. The molecule has 8 heteroatoms. The third-order valence-corrected chi connectivity index (χ3v) is 4.28. The van der Waals surface area contributed by atoms with Gasteiger partial charge in [0.05, 0.1) is 21.9 Å². The van der Waals surface area contributed by atoms with Crippen molar-refractivity contribution < 1.29 is 14.9 Å². The summed E-state index contributed by atoms with van der Waals surface area (Å²) in [5.41, 5.74) is 2.07. The molecule has 1 atom stereocenters. The highest BCUT2D eigenvalue weighted by Crippen LogP contribution is 2.33. The minimum Gasteiger partial charge on any atom is -0.358 e. The molecule has 1 aromatic heterocycles. The molecule has 1 amide bonds. The van der Waals surface area contributed by atoms with Crippen LogP contribution >= 0.6 is 0 Å². The molecule has 0 saturated carbocycles. The molecule has 1 aliphatic heterocycles. The molecule has 4 rings (SSSR count). The minimum absolute atomic E-state index is 0.0407. The number of nitro groups is 1. The molecule has 0 aliphatic carbocycles. The van der Waals surface area contributed by atoms with Crippen molar-refractivity contribution in [2.24, 2.45) is 0 Å². The Balaban J connectivity index is 1.77. The van der Waals surface area contributed by atoms with Gasteiger partial charge in [0.25, 0.3) is 11.6 Å². The third-order valence-electron chi connectivity index (χ3n) is 4.28. The SMILES string of the molecule is O=C1c2ccccc2NC(c2cccn2-c2cccc([N+](=O)[O-])c2)N1O. The quantitative estimate of drug-likeness (QED) is 0.429. The van der Waals surface area contributed by atoms with Gasteiger partial charge in [-0.25, -0.2) is 0 Å². The van der Waals surface area contributed by atoms with E-state index >= 15 is 0 Å². The van der Waals surface area contributed by atoms with Crippen LogP contribution in [0.3, 0.4) is 0 Å². The van der Waals surface area contributed by atoms with Crippen LogP contribution in [0.5, 0.6) is 0 Å². The number of para-hydroxylation sites is 1. The number of hydroxylamine groups is 2. The Hall–Kier alpha value is -3.65. The Kier molecular flexibility index (Phi) is 3.67. The zero-order valence-corrected chi connectivity index (χ0v) is 13.4. The highest BCUT2D eigenvalue weighted by Gasteiger charge is 2.33. The van der Waals surface area contributed by atoms with E-state index in [0.717, 1.165) is 0 Å². The number of benzene rings is 2. The average Bonchev–Trinajstić information content (AvgIpc) is 3.14. The largest absolute Gasteiger partial charge is 0.358 e. The summed E-state index contributed by atoms with van der Waals surface area (Å²) in [6.45, 7) is 0. The Morgan fingerprint density at radius 3 is 2.69 bits per heavy atom. The van der Waals surface area contributed by atoms with Gasteiger partial charge in [0, 0.05) is 24.0 Å². The molecule has 0 saturated heterocycles. The van der Waals surface area contributed by atoms with Crippen molar-refractivity contribution in [2.45, 2.75) is 6.17 Å². The van der Waals surface area contributed by atoms with Crippen LogP contribution in [0.1, 0.15) is 22.2 Å². The summed E-state index contributed by atoms with van der Waals surface area (Å²) in [5, 5.41) is 25.2. The molecule has 8 nitrogen and oxygen atoms in total. The van der Waals surface area contributed by atoms with Crippen LogP contribution in [0.2, 0.25) is 0 Å². The Morgan fingerprint density at radius 1 is 1.08 bits per heavy atom. The van der Waals surface area contributed by atoms with Crippen LogP contribution in [0.15, 0.2) is 66.9 Å². The number of fused-ring (bicyclic) bond motifs is 1. The van der Waals surface area contributed by atoms with E-state index < -0.39 is 17.0 Å². The second-order valence-corrected chi connectivity index (χ2v) is 5.82. The number of hydrogen-bond acceptors (Lipinski definition) is 5. The molecular weight excluding hydrogens is 336 g/mol. The molecule has 1 aliphatic rings. The van der Waals surface area contributed by atoms with Crippen LogP contribution in [0.4, 0.5) is 11.4 Å².